The number of aliphatic hydroxyl groups excluding tert-OH is 1. The highest BCUT2D eigenvalue weighted by molar-refractivity contribution is 4.72. The van der Waals surface area contributed by atoms with Crippen LogP contribution in [0.25, 0.3) is 0 Å². The highest BCUT2D eigenvalue weighted by Gasteiger charge is 2.31. The van der Waals surface area contributed by atoms with Gasteiger partial charge < -0.3 is 15.2 Å². The van der Waals surface area contributed by atoms with Crippen LogP contribution in [-0.4, -0.2) is 40.4 Å². The fourth-order valence-corrected chi connectivity index (χ4v) is 2.01. The first-order valence-corrected chi connectivity index (χ1v) is 5.86. The molecule has 1 heterocycles. The summed E-state index contributed by atoms with van der Waals surface area (Å²) in [6, 6.07) is 0.401. The molecule has 0 aliphatic carbocycles. The molecule has 0 unspecified atom stereocenters. The van der Waals surface area contributed by atoms with Gasteiger partial charge in [0, 0.05) is 13.0 Å². The van der Waals surface area contributed by atoms with Crippen LogP contribution in [0.4, 0.5) is 0 Å². The maximum absolute atomic E-state index is 11.7. The molecule has 0 bridgehead atoms. The van der Waals surface area contributed by atoms with Crippen LogP contribution in [0.15, 0.2) is 5.28 Å². The van der Waals surface area contributed by atoms with E-state index in [4.69, 9.17) is 9.94 Å². The lowest BCUT2D eigenvalue weighted by molar-refractivity contribution is -0.727. The quantitative estimate of drug-likeness (QED) is 0.336. The molecule has 1 saturated heterocycles. The molecule has 0 radical (unpaired) electrons. The van der Waals surface area contributed by atoms with Crippen molar-refractivity contribution in [1.29, 1.82) is 0 Å². The summed E-state index contributed by atoms with van der Waals surface area (Å²) >= 11 is 0. The Kier molecular flexibility index (Phi) is 5.31. The van der Waals surface area contributed by atoms with Crippen LogP contribution in [-0.2, 0) is 4.84 Å². The van der Waals surface area contributed by atoms with Gasteiger partial charge in [0.05, 0.1) is 17.1 Å². The Labute approximate surface area is 96.0 Å². The number of nitrogens with zero attached hydrogens (tertiary/aromatic N) is 3. The SMILES string of the molecule is C[C@@H]1CCC[C@H](C)N1/[N+]([O-])=N/OCCCO. The van der Waals surface area contributed by atoms with Gasteiger partial charge in [0.2, 0.25) is 5.28 Å². The standard InChI is InChI=1S/C10H21N3O3/c1-9-5-3-6-10(2)12(9)13(15)11-16-8-4-7-14/h9-10,14H,3-8H2,1-2H3/b13-11-/t9-,10+. The maximum Gasteiger partial charge on any atom is 0.233 e. The van der Waals surface area contributed by atoms with E-state index < -0.39 is 0 Å². The third-order valence-corrected chi connectivity index (χ3v) is 2.87. The largest absolute Gasteiger partial charge is 0.569 e. The number of hydrogen-bond donors (Lipinski definition) is 1. The molecule has 0 aromatic rings. The van der Waals surface area contributed by atoms with Gasteiger partial charge in [-0.1, -0.05) is 0 Å². The lowest BCUT2D eigenvalue weighted by Crippen LogP contribution is -2.47. The zero-order valence-electron chi connectivity index (χ0n) is 10.0. The Bertz CT molecular complexity index is 225. The molecule has 16 heavy (non-hydrogen) atoms. The minimum atomic E-state index is 0.0465. The summed E-state index contributed by atoms with van der Waals surface area (Å²) in [6.07, 6.45) is 3.66. The second kappa shape index (κ2) is 6.52. The molecule has 1 rings (SSSR count). The molecular formula is C10H21N3O3. The predicted octanol–water partition coefficient (Wildman–Crippen LogP) is 1.44. The molecule has 6 nitrogen and oxygen atoms in total. The van der Waals surface area contributed by atoms with E-state index in [1.165, 1.54) is 0 Å². The molecule has 1 aliphatic rings. The normalized spacial score (nSPS) is 26.9. The summed E-state index contributed by atoms with van der Waals surface area (Å²) in [5.41, 5.74) is 0. The predicted molar refractivity (Wildman–Crippen MR) is 58.3 cm³/mol. The number of hydrazine groups is 1. The van der Waals surface area contributed by atoms with Crippen LogP contribution in [0.3, 0.4) is 0 Å². The summed E-state index contributed by atoms with van der Waals surface area (Å²) in [5, 5.41) is 25.4. The number of hydrogen-bond acceptors (Lipinski definition) is 4. The second-order valence-electron chi connectivity index (χ2n) is 4.25. The lowest BCUT2D eigenvalue weighted by Gasteiger charge is -2.33. The van der Waals surface area contributed by atoms with Crippen LogP contribution in [0.1, 0.15) is 39.5 Å². The van der Waals surface area contributed by atoms with Gasteiger partial charge >= 0.3 is 0 Å². The molecule has 1 aliphatic heterocycles. The summed E-state index contributed by atoms with van der Waals surface area (Å²) in [5.74, 6) is 0. The summed E-state index contributed by atoms with van der Waals surface area (Å²) in [7, 11) is 0. The van der Waals surface area contributed by atoms with Crippen LogP contribution < -0.4 is 0 Å². The molecule has 1 N–H and O–H groups in total. The lowest BCUT2D eigenvalue weighted by atomic mass is 10.00. The van der Waals surface area contributed by atoms with Gasteiger partial charge in [-0.05, 0) is 33.1 Å². The third kappa shape index (κ3) is 3.52. The summed E-state index contributed by atoms with van der Waals surface area (Å²) in [6.45, 7) is 4.35. The highest BCUT2D eigenvalue weighted by Crippen LogP contribution is 2.22. The van der Waals surface area contributed by atoms with Crippen LogP contribution in [0, 0.1) is 5.21 Å². The van der Waals surface area contributed by atoms with Gasteiger partial charge in [0.1, 0.15) is 6.61 Å². The monoisotopic (exact) mass is 231 g/mol. The van der Waals surface area contributed by atoms with Crippen molar-refractivity contribution in [1.82, 2.24) is 5.01 Å². The Balaban J connectivity index is 2.46. The molecule has 6 heteroatoms. The average molecular weight is 231 g/mol. The van der Waals surface area contributed by atoms with Crippen LogP contribution >= 0.6 is 0 Å². The van der Waals surface area contributed by atoms with Crippen molar-refractivity contribution >= 4 is 0 Å². The molecule has 0 aromatic heterocycles. The van der Waals surface area contributed by atoms with Crippen molar-refractivity contribution in [2.24, 2.45) is 5.28 Å². The van der Waals surface area contributed by atoms with Crippen molar-refractivity contribution in [2.75, 3.05) is 13.2 Å². The van der Waals surface area contributed by atoms with E-state index in [1.54, 1.807) is 5.01 Å². The second-order valence-corrected chi connectivity index (χ2v) is 4.25. The van der Waals surface area contributed by atoms with Crippen LogP contribution in [0.2, 0.25) is 0 Å². The Hall–Kier alpha value is -1.04. The van der Waals surface area contributed by atoms with Crippen molar-refractivity contribution in [2.45, 2.75) is 51.6 Å². The molecular weight excluding hydrogens is 210 g/mol. The first kappa shape index (κ1) is 13.0. The number of piperidine rings is 1. The highest BCUT2D eigenvalue weighted by atomic mass is 16.7. The van der Waals surface area contributed by atoms with E-state index in [0.29, 0.717) is 11.4 Å². The molecule has 0 amide bonds. The fourth-order valence-electron chi connectivity index (χ4n) is 2.01. The van der Waals surface area contributed by atoms with Gasteiger partial charge in [-0.2, -0.15) is 0 Å². The number of aliphatic hydroxyl groups is 1. The fraction of sp³-hybridized carbons (Fsp3) is 1.00. The Morgan fingerprint density at radius 2 is 2.06 bits per heavy atom. The first-order valence-electron chi connectivity index (χ1n) is 5.86. The third-order valence-electron chi connectivity index (χ3n) is 2.87. The number of rotatable bonds is 5. The van der Waals surface area contributed by atoms with Crippen molar-refractivity contribution in [3.8, 4) is 0 Å². The van der Waals surface area contributed by atoms with E-state index >= 15 is 0 Å². The smallest absolute Gasteiger partial charge is 0.233 e. The van der Waals surface area contributed by atoms with E-state index in [0.717, 1.165) is 19.3 Å². The van der Waals surface area contributed by atoms with Gasteiger partial charge in [0.25, 0.3) is 0 Å². The van der Waals surface area contributed by atoms with E-state index in [9.17, 15) is 5.21 Å². The Morgan fingerprint density at radius 1 is 1.44 bits per heavy atom. The van der Waals surface area contributed by atoms with Crippen molar-refractivity contribution in [3.63, 3.8) is 0 Å². The molecule has 0 aromatic carbocycles. The van der Waals surface area contributed by atoms with E-state index in [-0.39, 0.29) is 25.3 Å². The van der Waals surface area contributed by atoms with E-state index in [1.807, 2.05) is 13.8 Å². The minimum absolute atomic E-state index is 0.0465. The minimum Gasteiger partial charge on any atom is -0.569 e. The summed E-state index contributed by atoms with van der Waals surface area (Å²) < 4.78 is 0. The van der Waals surface area contributed by atoms with Gasteiger partial charge in [-0.25, -0.2) is 0 Å². The first-order chi connectivity index (χ1) is 7.66. The Morgan fingerprint density at radius 3 is 2.62 bits per heavy atom. The van der Waals surface area contributed by atoms with E-state index in [2.05, 4.69) is 5.28 Å². The zero-order chi connectivity index (χ0) is 12.0. The molecule has 0 saturated carbocycles. The molecule has 1 fully saturated rings. The molecule has 2 atom stereocenters. The van der Waals surface area contributed by atoms with Crippen LogP contribution in [0.5, 0.6) is 0 Å². The average Bonchev–Trinajstić information content (AvgIpc) is 2.24. The van der Waals surface area contributed by atoms with Gasteiger partial charge in [0.15, 0.2) is 0 Å². The summed E-state index contributed by atoms with van der Waals surface area (Å²) in [4.78, 5) is 5.37. The van der Waals surface area contributed by atoms with Gasteiger partial charge in [-0.15, -0.1) is 5.01 Å². The van der Waals surface area contributed by atoms with Crippen molar-refractivity contribution < 1.29 is 14.9 Å². The molecule has 0 spiro atoms. The topological polar surface area (TPSA) is 71.1 Å². The zero-order valence-corrected chi connectivity index (χ0v) is 10.0. The van der Waals surface area contributed by atoms with Gasteiger partial charge in [-0.3, -0.25) is 0 Å². The van der Waals surface area contributed by atoms with Crippen molar-refractivity contribution in [3.05, 3.63) is 5.21 Å². The molecule has 94 valence electrons. The maximum atomic E-state index is 11.7.